The summed E-state index contributed by atoms with van der Waals surface area (Å²) in [5, 5.41) is 9.56. The third kappa shape index (κ3) is 5.20. The van der Waals surface area contributed by atoms with Crippen LogP contribution in [0.3, 0.4) is 0 Å². The Hall–Kier alpha value is -1.42. The van der Waals surface area contributed by atoms with Crippen molar-refractivity contribution in [1.29, 1.82) is 0 Å². The van der Waals surface area contributed by atoms with Gasteiger partial charge in [0.25, 0.3) is 0 Å². The first-order chi connectivity index (χ1) is 13.1. The van der Waals surface area contributed by atoms with Gasteiger partial charge in [-0.15, -0.1) is 0 Å². The predicted molar refractivity (Wildman–Crippen MR) is 120 cm³/mol. The molecule has 164 valence electrons. The van der Waals surface area contributed by atoms with Gasteiger partial charge in [-0.25, -0.2) is 0 Å². The fraction of sp³-hybridized carbons (Fsp3) is 0.609. The van der Waals surface area contributed by atoms with E-state index in [4.69, 9.17) is 9.05 Å². The minimum atomic E-state index is -3.60. The second-order valence-corrected chi connectivity index (χ2v) is 12.4. The maximum absolute atomic E-state index is 13.0. The van der Waals surface area contributed by atoms with Gasteiger partial charge in [0, 0.05) is 25.3 Å². The Morgan fingerprint density at radius 1 is 1.00 bits per heavy atom. The molecule has 0 aliphatic heterocycles. The zero-order valence-corrected chi connectivity index (χ0v) is 20.4. The number of hydrogen-bond acceptors (Lipinski definition) is 5. The first kappa shape index (κ1) is 25.6. The van der Waals surface area contributed by atoms with Crippen molar-refractivity contribution in [2.45, 2.75) is 77.8 Å². The molecular weight excluding hydrogens is 387 g/mol. The molecule has 0 fully saturated rings. The molecule has 0 aromatic heterocycles. The number of allylic oxidation sites excluding steroid dienone is 1. The molecule has 0 spiro atoms. The standard InChI is InChI=1S/C23H37O5P/c1-11-23(8,29(26,27-9)28-10)19(24)13-12-16-14-17(21(2,3)4)20(25)18(15-16)22(5,6)7/h12-15,25H,11H2,1-10H3/b13-12+. The van der Waals surface area contributed by atoms with E-state index in [9.17, 15) is 14.5 Å². The van der Waals surface area contributed by atoms with Crippen LogP contribution in [0.1, 0.15) is 78.5 Å². The lowest BCUT2D eigenvalue weighted by molar-refractivity contribution is -0.117. The van der Waals surface area contributed by atoms with Crippen LogP contribution in [-0.2, 0) is 29.2 Å². The number of benzene rings is 1. The number of rotatable bonds is 7. The van der Waals surface area contributed by atoms with E-state index in [0.29, 0.717) is 6.42 Å². The van der Waals surface area contributed by atoms with Gasteiger partial charge in [-0.1, -0.05) is 54.5 Å². The molecule has 29 heavy (non-hydrogen) atoms. The Bertz CT molecular complexity index is 784. The molecule has 0 bridgehead atoms. The summed E-state index contributed by atoms with van der Waals surface area (Å²) in [5.74, 6) is -0.0372. The molecule has 1 unspecified atom stereocenters. The van der Waals surface area contributed by atoms with Gasteiger partial charge in [0.15, 0.2) is 5.78 Å². The SMILES string of the molecule is CCC(C)(C(=O)/C=C/c1cc(C(C)(C)C)c(O)c(C(C)(C)C)c1)P(=O)(OC)OC. The minimum absolute atomic E-state index is 0.266. The smallest absolute Gasteiger partial charge is 0.343 e. The summed E-state index contributed by atoms with van der Waals surface area (Å²) in [6, 6.07) is 3.79. The van der Waals surface area contributed by atoms with Gasteiger partial charge < -0.3 is 14.2 Å². The van der Waals surface area contributed by atoms with Crippen molar-refractivity contribution in [1.82, 2.24) is 0 Å². The van der Waals surface area contributed by atoms with E-state index >= 15 is 0 Å². The zero-order chi connectivity index (χ0) is 22.8. The Morgan fingerprint density at radius 2 is 1.41 bits per heavy atom. The Balaban J connectivity index is 3.52. The predicted octanol–water partition coefficient (Wildman–Crippen LogP) is 6.22. The van der Waals surface area contributed by atoms with E-state index in [1.54, 1.807) is 19.9 Å². The first-order valence-electron chi connectivity index (χ1n) is 9.89. The number of phenolic OH excluding ortho intramolecular Hbond substituents is 1. The molecule has 0 saturated heterocycles. The molecule has 5 nitrogen and oxygen atoms in total. The number of carbonyl (C=O) groups excluding carboxylic acids is 1. The Morgan fingerprint density at radius 3 is 1.72 bits per heavy atom. The van der Waals surface area contributed by atoms with Gasteiger partial charge in [-0.05, 0) is 47.9 Å². The fourth-order valence-corrected chi connectivity index (χ4v) is 4.91. The summed E-state index contributed by atoms with van der Waals surface area (Å²) in [6.07, 6.45) is 3.44. The average Bonchev–Trinajstić information content (AvgIpc) is 2.63. The van der Waals surface area contributed by atoms with Gasteiger partial charge >= 0.3 is 7.60 Å². The van der Waals surface area contributed by atoms with Crippen molar-refractivity contribution in [2.75, 3.05) is 14.2 Å². The van der Waals surface area contributed by atoms with Crippen LogP contribution < -0.4 is 0 Å². The summed E-state index contributed by atoms with van der Waals surface area (Å²) in [5.41, 5.74) is 1.90. The normalized spacial score (nSPS) is 15.5. The van der Waals surface area contributed by atoms with Gasteiger partial charge in [0.05, 0.1) is 0 Å². The van der Waals surface area contributed by atoms with Crippen LogP contribution in [0.2, 0.25) is 0 Å². The molecule has 0 heterocycles. The molecule has 1 aromatic rings. The number of hydrogen-bond donors (Lipinski definition) is 1. The van der Waals surface area contributed by atoms with Crippen LogP contribution in [-0.4, -0.2) is 30.3 Å². The highest BCUT2D eigenvalue weighted by molar-refractivity contribution is 7.56. The number of aromatic hydroxyl groups is 1. The third-order valence-electron chi connectivity index (χ3n) is 5.48. The summed E-state index contributed by atoms with van der Waals surface area (Å²) >= 11 is 0. The van der Waals surface area contributed by atoms with Gasteiger partial charge in [-0.2, -0.15) is 0 Å². The van der Waals surface area contributed by atoms with E-state index in [2.05, 4.69) is 0 Å². The largest absolute Gasteiger partial charge is 0.507 e. The fourth-order valence-electron chi connectivity index (χ4n) is 3.23. The monoisotopic (exact) mass is 424 g/mol. The highest BCUT2D eigenvalue weighted by atomic mass is 31.2. The highest BCUT2D eigenvalue weighted by Crippen LogP contribution is 2.60. The van der Waals surface area contributed by atoms with E-state index in [-0.39, 0.29) is 22.4 Å². The summed E-state index contributed by atoms with van der Waals surface area (Å²) < 4.78 is 23.2. The molecule has 1 rings (SSSR count). The Labute approximate surface area is 176 Å². The molecular formula is C23H37O5P. The molecule has 1 atom stereocenters. The van der Waals surface area contributed by atoms with Crippen molar-refractivity contribution < 1.29 is 23.5 Å². The maximum Gasteiger partial charge on any atom is 0.343 e. The molecule has 1 N–H and O–H groups in total. The molecule has 1 aromatic carbocycles. The van der Waals surface area contributed by atoms with Crippen molar-refractivity contribution in [2.24, 2.45) is 0 Å². The van der Waals surface area contributed by atoms with Crippen molar-refractivity contribution in [3.63, 3.8) is 0 Å². The van der Waals surface area contributed by atoms with Gasteiger partial charge in [0.1, 0.15) is 10.9 Å². The molecule has 0 aliphatic carbocycles. The van der Waals surface area contributed by atoms with Crippen LogP contribution in [0.25, 0.3) is 6.08 Å². The lowest BCUT2D eigenvalue weighted by Crippen LogP contribution is -2.34. The van der Waals surface area contributed by atoms with Crippen molar-refractivity contribution in [3.05, 3.63) is 34.9 Å². The molecule has 0 aliphatic rings. The second kappa shape index (κ2) is 8.75. The van der Waals surface area contributed by atoms with E-state index in [0.717, 1.165) is 16.7 Å². The van der Waals surface area contributed by atoms with Crippen LogP contribution >= 0.6 is 7.60 Å². The van der Waals surface area contributed by atoms with Crippen LogP contribution in [0.15, 0.2) is 18.2 Å². The Kier molecular flexibility index (Phi) is 7.73. The van der Waals surface area contributed by atoms with E-state index < -0.39 is 12.8 Å². The first-order valence-corrected chi connectivity index (χ1v) is 11.4. The van der Waals surface area contributed by atoms with Gasteiger partial charge in [-0.3, -0.25) is 9.36 Å². The van der Waals surface area contributed by atoms with E-state index in [1.165, 1.54) is 20.3 Å². The maximum atomic E-state index is 13.0. The number of ketones is 1. The van der Waals surface area contributed by atoms with Crippen molar-refractivity contribution >= 4 is 19.5 Å². The van der Waals surface area contributed by atoms with Crippen LogP contribution in [0.5, 0.6) is 5.75 Å². The molecule has 0 amide bonds. The third-order valence-corrected chi connectivity index (χ3v) is 8.19. The van der Waals surface area contributed by atoms with Gasteiger partial charge in [0.2, 0.25) is 0 Å². The molecule has 0 radical (unpaired) electrons. The quantitative estimate of drug-likeness (QED) is 0.415. The lowest BCUT2D eigenvalue weighted by atomic mass is 9.78. The zero-order valence-electron chi connectivity index (χ0n) is 19.5. The van der Waals surface area contributed by atoms with Crippen molar-refractivity contribution in [3.8, 4) is 5.75 Å². The number of carbonyl (C=O) groups is 1. The lowest BCUT2D eigenvalue weighted by Gasteiger charge is -2.31. The second-order valence-electron chi connectivity index (χ2n) is 9.65. The average molecular weight is 425 g/mol. The highest BCUT2D eigenvalue weighted by Gasteiger charge is 2.49. The molecule has 6 heteroatoms. The summed E-state index contributed by atoms with van der Waals surface area (Å²) in [7, 11) is -1.02. The van der Waals surface area contributed by atoms with Crippen LogP contribution in [0, 0.1) is 0 Å². The van der Waals surface area contributed by atoms with Crippen LogP contribution in [0.4, 0.5) is 0 Å². The summed E-state index contributed by atoms with van der Waals surface area (Å²) in [6.45, 7) is 15.6. The minimum Gasteiger partial charge on any atom is -0.507 e. The summed E-state index contributed by atoms with van der Waals surface area (Å²) in [4.78, 5) is 13.0. The molecule has 0 saturated carbocycles. The number of phenols is 1. The topological polar surface area (TPSA) is 72.8 Å². The van der Waals surface area contributed by atoms with E-state index in [1.807, 2.05) is 53.7 Å².